The zero-order chi connectivity index (χ0) is 23.8. The van der Waals surface area contributed by atoms with Crippen LogP contribution in [0.15, 0.2) is 63.6 Å². The van der Waals surface area contributed by atoms with Crippen LogP contribution >= 0.6 is 11.8 Å². The van der Waals surface area contributed by atoms with Crippen molar-refractivity contribution in [1.29, 1.82) is 0 Å². The fourth-order valence-electron chi connectivity index (χ4n) is 2.74. The summed E-state index contributed by atoms with van der Waals surface area (Å²) in [6.45, 7) is 0.205. The Kier molecular flexibility index (Phi) is 8.25. The molecule has 0 saturated carbocycles. The average Bonchev–Trinajstić information content (AvgIpc) is 3.16. The lowest BCUT2D eigenvalue weighted by atomic mass is 9.78. The Morgan fingerprint density at radius 2 is 1.97 bits per heavy atom. The molecule has 0 radical (unpaired) electrons. The van der Waals surface area contributed by atoms with E-state index in [0.29, 0.717) is 5.56 Å². The molecular weight excluding hydrogens is 449 g/mol. The monoisotopic (exact) mass is 469 g/mol. The van der Waals surface area contributed by atoms with Crippen LogP contribution in [0.1, 0.15) is 11.1 Å². The number of benzene rings is 2. The summed E-state index contributed by atoms with van der Waals surface area (Å²) in [6, 6.07) is 12.5. The van der Waals surface area contributed by atoms with E-state index in [1.165, 1.54) is 26.5 Å². The van der Waals surface area contributed by atoms with Crippen LogP contribution in [0.5, 0.6) is 11.5 Å². The number of hydrogen-bond acceptors (Lipinski definition) is 10. The summed E-state index contributed by atoms with van der Waals surface area (Å²) in [5.74, 6) is -0.686. The van der Waals surface area contributed by atoms with E-state index in [1.807, 2.05) is 30.3 Å². The lowest BCUT2D eigenvalue weighted by Gasteiger charge is -2.16. The Morgan fingerprint density at radius 1 is 1.21 bits per heavy atom. The van der Waals surface area contributed by atoms with E-state index in [4.69, 9.17) is 9.47 Å². The number of rotatable bonds is 8. The van der Waals surface area contributed by atoms with Gasteiger partial charge in [0.2, 0.25) is 0 Å². The standard InChI is InChI=1S/C21H20BN3O7S/c1-30-16-9-14(11-23-25-21-24-20(27)17(33-21)10-18(26)31-2)8-15(22(28)29)19(16)32-12-13-6-4-3-5-7-13/h3-11,28-29H,12H2,1-2H3,(H,24,25,27)/b17-10+,23-11?. The number of carbonyl (C=O) groups excluding carboxylic acids is 2. The predicted octanol–water partition coefficient (Wildman–Crippen LogP) is 0.564. The second kappa shape index (κ2) is 11.3. The Bertz CT molecular complexity index is 1120. The van der Waals surface area contributed by atoms with E-state index in [0.717, 1.165) is 23.4 Å². The van der Waals surface area contributed by atoms with Gasteiger partial charge in [0.05, 0.1) is 25.3 Å². The Balaban J connectivity index is 1.79. The summed E-state index contributed by atoms with van der Waals surface area (Å²) in [7, 11) is 0.819. The van der Waals surface area contributed by atoms with Crippen LogP contribution in [-0.2, 0) is 20.9 Å². The van der Waals surface area contributed by atoms with Gasteiger partial charge >= 0.3 is 13.1 Å². The van der Waals surface area contributed by atoms with Gasteiger partial charge in [-0.25, -0.2) is 4.79 Å². The van der Waals surface area contributed by atoms with Gasteiger partial charge < -0.3 is 24.3 Å². The van der Waals surface area contributed by atoms with Crippen LogP contribution in [0.4, 0.5) is 0 Å². The van der Waals surface area contributed by atoms with Gasteiger partial charge in [0.25, 0.3) is 5.91 Å². The summed E-state index contributed by atoms with van der Waals surface area (Å²) >= 11 is 0.931. The lowest BCUT2D eigenvalue weighted by molar-refractivity contribution is -0.135. The van der Waals surface area contributed by atoms with E-state index in [2.05, 4.69) is 20.3 Å². The number of thioether (sulfide) groups is 1. The van der Waals surface area contributed by atoms with E-state index >= 15 is 0 Å². The third kappa shape index (κ3) is 6.45. The number of hydrogen-bond donors (Lipinski definition) is 3. The van der Waals surface area contributed by atoms with E-state index in [-0.39, 0.29) is 33.6 Å². The van der Waals surface area contributed by atoms with E-state index in [1.54, 1.807) is 6.07 Å². The first-order valence-corrected chi connectivity index (χ1v) is 10.4. The maximum absolute atomic E-state index is 11.8. The van der Waals surface area contributed by atoms with Gasteiger partial charge in [-0.15, -0.1) is 5.10 Å². The molecule has 1 saturated heterocycles. The van der Waals surface area contributed by atoms with Gasteiger partial charge in [0, 0.05) is 11.5 Å². The highest BCUT2D eigenvalue weighted by Crippen LogP contribution is 2.27. The van der Waals surface area contributed by atoms with Crippen molar-refractivity contribution in [2.24, 2.45) is 10.2 Å². The molecule has 2 aromatic rings. The third-order valence-electron chi connectivity index (χ3n) is 4.29. The van der Waals surface area contributed by atoms with Crippen molar-refractivity contribution in [3.05, 3.63) is 64.6 Å². The molecule has 0 unspecified atom stereocenters. The molecule has 1 amide bonds. The van der Waals surface area contributed by atoms with Crippen LogP contribution < -0.4 is 20.3 Å². The first kappa shape index (κ1) is 24.0. The molecule has 3 rings (SSSR count). The summed E-state index contributed by atoms with van der Waals surface area (Å²) in [5.41, 5.74) is 1.44. The van der Waals surface area contributed by atoms with Gasteiger partial charge in [-0.05, 0) is 35.0 Å². The molecule has 33 heavy (non-hydrogen) atoms. The Morgan fingerprint density at radius 3 is 2.64 bits per heavy atom. The van der Waals surface area contributed by atoms with Crippen molar-refractivity contribution in [3.8, 4) is 11.5 Å². The lowest BCUT2D eigenvalue weighted by Crippen LogP contribution is -2.32. The molecule has 1 fully saturated rings. The molecule has 10 nitrogen and oxygen atoms in total. The molecule has 3 N–H and O–H groups in total. The minimum atomic E-state index is -1.82. The molecule has 1 aliphatic heterocycles. The highest BCUT2D eigenvalue weighted by Gasteiger charge is 2.25. The van der Waals surface area contributed by atoms with Crippen molar-refractivity contribution in [1.82, 2.24) is 5.32 Å². The number of ether oxygens (including phenoxy) is 3. The zero-order valence-corrected chi connectivity index (χ0v) is 18.5. The predicted molar refractivity (Wildman–Crippen MR) is 124 cm³/mol. The number of methoxy groups -OCH3 is 2. The maximum atomic E-state index is 11.8. The first-order chi connectivity index (χ1) is 15.9. The summed E-state index contributed by atoms with van der Waals surface area (Å²) < 4.78 is 15.7. The second-order valence-corrected chi connectivity index (χ2v) is 7.56. The van der Waals surface area contributed by atoms with Crippen LogP contribution in [0.3, 0.4) is 0 Å². The van der Waals surface area contributed by atoms with Crippen molar-refractivity contribution >= 4 is 47.6 Å². The average molecular weight is 469 g/mol. The van der Waals surface area contributed by atoms with Crippen LogP contribution in [-0.4, -0.2) is 54.6 Å². The molecule has 0 aliphatic carbocycles. The normalized spacial score (nSPS) is 15.7. The van der Waals surface area contributed by atoms with Crippen molar-refractivity contribution in [2.75, 3.05) is 14.2 Å². The van der Waals surface area contributed by atoms with Gasteiger partial charge in [0.1, 0.15) is 6.61 Å². The van der Waals surface area contributed by atoms with Crippen LogP contribution in [0.25, 0.3) is 0 Å². The minimum Gasteiger partial charge on any atom is -0.493 e. The first-order valence-electron chi connectivity index (χ1n) is 9.56. The maximum Gasteiger partial charge on any atom is 0.492 e. The minimum absolute atomic E-state index is 0.0891. The smallest absolute Gasteiger partial charge is 0.492 e. The highest BCUT2D eigenvalue weighted by atomic mass is 32.2. The van der Waals surface area contributed by atoms with E-state index < -0.39 is 19.0 Å². The zero-order valence-electron chi connectivity index (χ0n) is 17.7. The molecule has 0 atom stereocenters. The fraction of sp³-hybridized carbons (Fsp3) is 0.143. The number of esters is 1. The molecule has 1 heterocycles. The molecule has 0 aromatic heterocycles. The molecule has 0 bridgehead atoms. The van der Waals surface area contributed by atoms with Crippen molar-refractivity contribution < 1.29 is 33.8 Å². The molecule has 2 aromatic carbocycles. The molecule has 0 spiro atoms. The van der Waals surface area contributed by atoms with Gasteiger partial charge in [-0.1, -0.05) is 30.3 Å². The van der Waals surface area contributed by atoms with Crippen LogP contribution in [0.2, 0.25) is 0 Å². The Labute approximate surface area is 194 Å². The molecule has 12 heteroatoms. The second-order valence-electron chi connectivity index (χ2n) is 6.53. The summed E-state index contributed by atoms with van der Waals surface area (Å²) in [6.07, 6.45) is 2.40. The summed E-state index contributed by atoms with van der Waals surface area (Å²) in [5, 5.41) is 30.2. The SMILES string of the molecule is COC(=O)/C=C1/S/C(=N\N=Cc2cc(OC)c(OCc3ccccc3)c(B(O)O)c2)NC1=O. The number of nitrogens with one attached hydrogen (secondary N) is 1. The van der Waals surface area contributed by atoms with Crippen molar-refractivity contribution in [2.45, 2.75) is 6.61 Å². The fourth-order valence-corrected chi connectivity index (χ4v) is 3.48. The third-order valence-corrected chi connectivity index (χ3v) is 5.19. The number of amidine groups is 1. The van der Waals surface area contributed by atoms with Gasteiger partial charge in [-0.3, -0.25) is 10.1 Å². The number of amides is 1. The highest BCUT2D eigenvalue weighted by molar-refractivity contribution is 8.18. The molecule has 170 valence electrons. The van der Waals surface area contributed by atoms with E-state index in [9.17, 15) is 19.6 Å². The van der Waals surface area contributed by atoms with Gasteiger partial charge in [0.15, 0.2) is 16.7 Å². The van der Waals surface area contributed by atoms with Crippen molar-refractivity contribution in [3.63, 3.8) is 0 Å². The van der Waals surface area contributed by atoms with Crippen LogP contribution in [0, 0.1) is 0 Å². The topological polar surface area (TPSA) is 139 Å². The Hall–Kier alpha value is -3.61. The van der Waals surface area contributed by atoms with Gasteiger partial charge in [-0.2, -0.15) is 5.10 Å². The quantitative estimate of drug-likeness (QED) is 0.168. The molecular formula is C21H20BN3O7S. The largest absolute Gasteiger partial charge is 0.493 e. The summed E-state index contributed by atoms with van der Waals surface area (Å²) in [4.78, 5) is 23.3. The number of carbonyl (C=O) groups is 2. The molecule has 1 aliphatic rings. The number of nitrogens with zero attached hydrogens (tertiary/aromatic N) is 2.